The van der Waals surface area contributed by atoms with E-state index in [-0.39, 0.29) is 0 Å². The van der Waals surface area contributed by atoms with E-state index in [1.165, 1.54) is 5.56 Å². The van der Waals surface area contributed by atoms with Crippen molar-refractivity contribution < 1.29 is 5.11 Å². The summed E-state index contributed by atoms with van der Waals surface area (Å²) in [7, 11) is 0. The number of rotatable bonds is 2. The first-order valence-corrected chi connectivity index (χ1v) is 7.66. The van der Waals surface area contributed by atoms with Crippen LogP contribution in [0.1, 0.15) is 28.5 Å². The maximum atomic E-state index is 10.7. The minimum Gasteiger partial charge on any atom is -0.382 e. The van der Waals surface area contributed by atoms with Crippen LogP contribution in [0.3, 0.4) is 0 Å². The Hall–Kier alpha value is -1.71. The van der Waals surface area contributed by atoms with E-state index in [1.807, 2.05) is 49.4 Å². The third-order valence-corrected chi connectivity index (χ3v) is 4.54. The Bertz CT molecular complexity index is 813. The molecule has 3 heteroatoms. The van der Waals surface area contributed by atoms with Crippen LogP contribution >= 0.6 is 15.9 Å². The number of aliphatic hydroxyl groups is 1. The van der Waals surface area contributed by atoms with Crippen LogP contribution in [0.2, 0.25) is 0 Å². The molecule has 1 heterocycles. The molecule has 0 saturated heterocycles. The lowest BCUT2D eigenvalue weighted by Crippen LogP contribution is -2.06. The number of hydrogen-bond acceptors (Lipinski definition) is 2. The van der Waals surface area contributed by atoms with Crippen molar-refractivity contribution in [2.75, 3.05) is 0 Å². The summed E-state index contributed by atoms with van der Waals surface area (Å²) in [4.78, 5) is 4.62. The van der Waals surface area contributed by atoms with Crippen molar-refractivity contribution in [2.45, 2.75) is 20.0 Å². The third kappa shape index (κ3) is 2.59. The van der Waals surface area contributed by atoms with Crippen LogP contribution in [0.5, 0.6) is 0 Å². The fourth-order valence-electron chi connectivity index (χ4n) is 2.51. The van der Waals surface area contributed by atoms with Crippen LogP contribution in [0.4, 0.5) is 0 Å². The summed E-state index contributed by atoms with van der Waals surface area (Å²) in [5.74, 6) is 0. The minimum atomic E-state index is -0.733. The molecule has 0 saturated carbocycles. The van der Waals surface area contributed by atoms with Crippen molar-refractivity contribution in [3.63, 3.8) is 0 Å². The zero-order valence-electron chi connectivity index (χ0n) is 12.0. The number of aromatic nitrogens is 1. The van der Waals surface area contributed by atoms with E-state index in [0.717, 1.165) is 26.5 Å². The van der Waals surface area contributed by atoms with Gasteiger partial charge in [0, 0.05) is 9.86 Å². The number of fused-ring (bicyclic) bond motifs is 1. The number of benzene rings is 2. The highest BCUT2D eigenvalue weighted by molar-refractivity contribution is 9.10. The van der Waals surface area contributed by atoms with Gasteiger partial charge in [-0.25, -0.2) is 4.98 Å². The quantitative estimate of drug-likeness (QED) is 0.733. The molecular formula is C18H16BrNO. The average molecular weight is 342 g/mol. The second-order valence-corrected chi connectivity index (χ2v) is 6.09. The molecule has 2 aromatic carbocycles. The number of aliphatic hydroxyl groups excluding tert-OH is 1. The molecule has 1 N–H and O–H groups in total. The van der Waals surface area contributed by atoms with Gasteiger partial charge in [-0.15, -0.1) is 0 Å². The molecule has 106 valence electrons. The summed E-state index contributed by atoms with van der Waals surface area (Å²) in [6, 6.07) is 15.9. The largest absolute Gasteiger partial charge is 0.382 e. The maximum absolute atomic E-state index is 10.7. The van der Waals surface area contributed by atoms with Crippen molar-refractivity contribution >= 4 is 26.8 Å². The van der Waals surface area contributed by atoms with Crippen molar-refractivity contribution in [2.24, 2.45) is 0 Å². The first-order valence-electron chi connectivity index (χ1n) is 6.87. The van der Waals surface area contributed by atoms with Crippen molar-refractivity contribution in [1.29, 1.82) is 0 Å². The lowest BCUT2D eigenvalue weighted by Gasteiger charge is -2.16. The van der Waals surface area contributed by atoms with Crippen LogP contribution in [0.15, 0.2) is 53.0 Å². The average Bonchev–Trinajstić information content (AvgIpc) is 2.48. The molecule has 2 nitrogen and oxygen atoms in total. The molecular weight excluding hydrogens is 326 g/mol. The van der Waals surface area contributed by atoms with Gasteiger partial charge in [0.15, 0.2) is 0 Å². The van der Waals surface area contributed by atoms with Gasteiger partial charge in [-0.3, -0.25) is 0 Å². The van der Waals surface area contributed by atoms with Gasteiger partial charge in [-0.2, -0.15) is 0 Å². The molecule has 0 radical (unpaired) electrons. The van der Waals surface area contributed by atoms with E-state index in [0.29, 0.717) is 5.69 Å². The molecule has 1 aromatic heterocycles. The predicted octanol–water partition coefficient (Wildman–Crippen LogP) is 4.70. The zero-order chi connectivity index (χ0) is 15.0. The highest BCUT2D eigenvalue weighted by atomic mass is 79.9. The van der Waals surface area contributed by atoms with E-state index in [1.54, 1.807) is 0 Å². The molecule has 0 aliphatic rings. The number of pyridine rings is 1. The Morgan fingerprint density at radius 1 is 1.05 bits per heavy atom. The molecule has 0 spiro atoms. The van der Waals surface area contributed by atoms with E-state index in [4.69, 9.17) is 0 Å². The van der Waals surface area contributed by atoms with Gasteiger partial charge >= 0.3 is 0 Å². The van der Waals surface area contributed by atoms with Crippen molar-refractivity contribution in [3.8, 4) is 0 Å². The first-order chi connectivity index (χ1) is 10.1. The number of para-hydroxylation sites is 1. The van der Waals surface area contributed by atoms with Crippen LogP contribution < -0.4 is 0 Å². The summed E-state index contributed by atoms with van der Waals surface area (Å²) in [6.45, 7) is 4.08. The molecule has 0 aliphatic heterocycles. The first kappa shape index (κ1) is 14.2. The topological polar surface area (TPSA) is 33.1 Å². The molecule has 1 atom stereocenters. The fraction of sp³-hybridized carbons (Fsp3) is 0.167. The Balaban J connectivity index is 2.15. The Kier molecular flexibility index (Phi) is 3.79. The summed E-state index contributed by atoms with van der Waals surface area (Å²) >= 11 is 3.54. The fourth-order valence-corrected chi connectivity index (χ4v) is 3.07. The SMILES string of the molecule is Cc1cccc(C(O)c2nc3ccccc3cc2Br)c1C. The van der Waals surface area contributed by atoms with Gasteiger partial charge in [0.1, 0.15) is 6.10 Å². The maximum Gasteiger partial charge on any atom is 0.122 e. The van der Waals surface area contributed by atoms with Gasteiger partial charge in [0.25, 0.3) is 0 Å². The van der Waals surface area contributed by atoms with Gasteiger partial charge in [-0.05, 0) is 58.6 Å². The highest BCUT2D eigenvalue weighted by Gasteiger charge is 2.18. The molecule has 0 aliphatic carbocycles. The van der Waals surface area contributed by atoms with Crippen molar-refractivity contribution in [3.05, 3.63) is 75.4 Å². The summed E-state index contributed by atoms with van der Waals surface area (Å²) < 4.78 is 0.828. The highest BCUT2D eigenvalue weighted by Crippen LogP contribution is 2.31. The molecule has 3 aromatic rings. The summed E-state index contributed by atoms with van der Waals surface area (Å²) in [5, 5.41) is 11.8. The lowest BCUT2D eigenvalue weighted by atomic mass is 9.97. The van der Waals surface area contributed by atoms with E-state index < -0.39 is 6.10 Å². The molecule has 21 heavy (non-hydrogen) atoms. The number of hydrogen-bond donors (Lipinski definition) is 1. The Morgan fingerprint density at radius 3 is 2.62 bits per heavy atom. The number of halogens is 1. The summed E-state index contributed by atoms with van der Waals surface area (Å²) in [5.41, 5.74) is 4.72. The van der Waals surface area contributed by atoms with Crippen LogP contribution in [-0.4, -0.2) is 10.1 Å². The molecule has 0 fully saturated rings. The Morgan fingerprint density at radius 2 is 1.81 bits per heavy atom. The Labute approximate surface area is 132 Å². The van der Waals surface area contributed by atoms with Gasteiger partial charge in [-0.1, -0.05) is 36.4 Å². The van der Waals surface area contributed by atoms with Crippen LogP contribution in [-0.2, 0) is 0 Å². The monoisotopic (exact) mass is 341 g/mol. The lowest BCUT2D eigenvalue weighted by molar-refractivity contribution is 0.214. The predicted molar refractivity (Wildman–Crippen MR) is 89.4 cm³/mol. The smallest absolute Gasteiger partial charge is 0.122 e. The zero-order valence-corrected chi connectivity index (χ0v) is 13.6. The molecule has 3 rings (SSSR count). The van der Waals surface area contributed by atoms with E-state index in [9.17, 15) is 5.11 Å². The van der Waals surface area contributed by atoms with Gasteiger partial charge in [0.2, 0.25) is 0 Å². The molecule has 1 unspecified atom stereocenters. The van der Waals surface area contributed by atoms with Crippen molar-refractivity contribution in [1.82, 2.24) is 4.98 Å². The number of aryl methyl sites for hydroxylation is 1. The standard InChI is InChI=1S/C18H16BrNO/c1-11-6-5-8-14(12(11)2)18(21)17-15(19)10-13-7-3-4-9-16(13)20-17/h3-10,18,21H,1-2H3. The molecule has 0 bridgehead atoms. The molecule has 0 amide bonds. The van der Waals surface area contributed by atoms with Gasteiger partial charge in [0.05, 0.1) is 11.2 Å². The van der Waals surface area contributed by atoms with E-state index >= 15 is 0 Å². The van der Waals surface area contributed by atoms with Crippen LogP contribution in [0, 0.1) is 13.8 Å². The number of nitrogens with zero attached hydrogens (tertiary/aromatic N) is 1. The second kappa shape index (κ2) is 5.58. The van der Waals surface area contributed by atoms with E-state index in [2.05, 4.69) is 33.9 Å². The third-order valence-electron chi connectivity index (χ3n) is 3.90. The normalized spacial score (nSPS) is 12.6. The minimum absolute atomic E-state index is 0.655. The van der Waals surface area contributed by atoms with Crippen LogP contribution in [0.25, 0.3) is 10.9 Å². The van der Waals surface area contributed by atoms with Gasteiger partial charge < -0.3 is 5.11 Å². The summed E-state index contributed by atoms with van der Waals surface area (Å²) in [6.07, 6.45) is -0.733. The second-order valence-electron chi connectivity index (χ2n) is 5.24.